The molecule has 2 aromatic carbocycles. The number of nitrogens with one attached hydrogen (secondary N) is 1. The van der Waals surface area contributed by atoms with Gasteiger partial charge in [0.1, 0.15) is 0 Å². The molecule has 0 bridgehead atoms. The van der Waals surface area contributed by atoms with Gasteiger partial charge in [0.05, 0.1) is 11.9 Å². The van der Waals surface area contributed by atoms with Crippen molar-refractivity contribution in [1.29, 1.82) is 0 Å². The summed E-state index contributed by atoms with van der Waals surface area (Å²) in [5.41, 5.74) is 5.26. The second-order valence-corrected chi connectivity index (χ2v) is 5.91. The van der Waals surface area contributed by atoms with Gasteiger partial charge >= 0.3 is 0 Å². The standard InChI is InChI=1S/C19H20N4/c1-14(2)12-18(15-8-4-3-5-9-15)21-23-19-17-11-7-6-10-16(17)13-20-22-19/h3-11,13-14H,12H2,1-2H3,(H,22,23). The average molecular weight is 304 g/mol. The Labute approximate surface area is 136 Å². The van der Waals surface area contributed by atoms with Gasteiger partial charge in [0, 0.05) is 10.8 Å². The third-order valence-electron chi connectivity index (χ3n) is 3.58. The number of fused-ring (bicyclic) bond motifs is 1. The molecule has 4 nitrogen and oxygen atoms in total. The molecule has 116 valence electrons. The number of nitrogens with zero attached hydrogens (tertiary/aromatic N) is 3. The van der Waals surface area contributed by atoms with E-state index in [0.29, 0.717) is 11.7 Å². The van der Waals surface area contributed by atoms with Crippen LogP contribution in [0.15, 0.2) is 65.9 Å². The number of hydrogen-bond acceptors (Lipinski definition) is 4. The molecule has 0 unspecified atom stereocenters. The van der Waals surface area contributed by atoms with Gasteiger partial charge in [-0.1, -0.05) is 68.4 Å². The van der Waals surface area contributed by atoms with Gasteiger partial charge < -0.3 is 0 Å². The minimum absolute atomic E-state index is 0.523. The molecule has 1 N–H and O–H groups in total. The van der Waals surface area contributed by atoms with E-state index in [0.717, 1.165) is 28.5 Å². The predicted molar refractivity (Wildman–Crippen MR) is 95.6 cm³/mol. The van der Waals surface area contributed by atoms with Crippen molar-refractivity contribution >= 4 is 22.3 Å². The van der Waals surface area contributed by atoms with Crippen LogP contribution in [0, 0.1) is 5.92 Å². The van der Waals surface area contributed by atoms with Gasteiger partial charge in [0.15, 0.2) is 5.82 Å². The van der Waals surface area contributed by atoms with Gasteiger partial charge in [0.2, 0.25) is 0 Å². The first-order valence-corrected chi connectivity index (χ1v) is 7.82. The molecule has 0 amide bonds. The normalized spacial score (nSPS) is 11.9. The second kappa shape index (κ2) is 7.01. The Balaban J connectivity index is 1.93. The molecule has 0 saturated heterocycles. The Morgan fingerprint density at radius 1 is 1.04 bits per heavy atom. The fourth-order valence-electron chi connectivity index (χ4n) is 2.48. The highest BCUT2D eigenvalue weighted by atomic mass is 15.3. The maximum absolute atomic E-state index is 4.62. The molecule has 0 aliphatic carbocycles. The Kier molecular flexibility index (Phi) is 4.62. The highest BCUT2D eigenvalue weighted by Crippen LogP contribution is 2.20. The van der Waals surface area contributed by atoms with Crippen molar-refractivity contribution in [1.82, 2.24) is 10.2 Å². The van der Waals surface area contributed by atoms with Crippen LogP contribution in [0.2, 0.25) is 0 Å². The van der Waals surface area contributed by atoms with E-state index in [9.17, 15) is 0 Å². The van der Waals surface area contributed by atoms with Crippen molar-refractivity contribution < 1.29 is 0 Å². The van der Waals surface area contributed by atoms with E-state index in [1.54, 1.807) is 6.20 Å². The van der Waals surface area contributed by atoms with Crippen LogP contribution in [0.25, 0.3) is 10.8 Å². The molecule has 0 saturated carbocycles. The predicted octanol–water partition coefficient (Wildman–Crippen LogP) is 4.49. The van der Waals surface area contributed by atoms with Gasteiger partial charge in [-0.15, -0.1) is 5.10 Å². The smallest absolute Gasteiger partial charge is 0.176 e. The first-order valence-electron chi connectivity index (χ1n) is 7.82. The van der Waals surface area contributed by atoms with Gasteiger partial charge in [0.25, 0.3) is 0 Å². The van der Waals surface area contributed by atoms with Gasteiger partial charge in [-0.3, -0.25) is 5.43 Å². The zero-order valence-corrected chi connectivity index (χ0v) is 13.4. The third kappa shape index (κ3) is 3.72. The number of benzene rings is 2. The Hall–Kier alpha value is -2.75. The van der Waals surface area contributed by atoms with E-state index < -0.39 is 0 Å². The summed E-state index contributed by atoms with van der Waals surface area (Å²) in [5.74, 6) is 1.20. The van der Waals surface area contributed by atoms with Crippen LogP contribution >= 0.6 is 0 Å². The maximum atomic E-state index is 4.62. The summed E-state index contributed by atoms with van der Waals surface area (Å²) in [6.45, 7) is 4.38. The minimum atomic E-state index is 0.523. The van der Waals surface area contributed by atoms with Crippen molar-refractivity contribution in [2.75, 3.05) is 5.43 Å². The minimum Gasteiger partial charge on any atom is -0.259 e. The van der Waals surface area contributed by atoms with Crippen molar-refractivity contribution in [3.05, 3.63) is 66.4 Å². The first-order chi connectivity index (χ1) is 11.2. The third-order valence-corrected chi connectivity index (χ3v) is 3.58. The fraction of sp³-hybridized carbons (Fsp3) is 0.211. The van der Waals surface area contributed by atoms with Gasteiger partial charge in [-0.25, -0.2) is 0 Å². The van der Waals surface area contributed by atoms with E-state index in [-0.39, 0.29) is 0 Å². The lowest BCUT2D eigenvalue weighted by Crippen LogP contribution is -2.08. The molecule has 4 heteroatoms. The molecule has 23 heavy (non-hydrogen) atoms. The lowest BCUT2D eigenvalue weighted by atomic mass is 10.0. The van der Waals surface area contributed by atoms with Gasteiger partial charge in [-0.05, 0) is 17.9 Å². The number of hydrazone groups is 1. The monoisotopic (exact) mass is 304 g/mol. The molecule has 3 rings (SSSR count). The highest BCUT2D eigenvalue weighted by Gasteiger charge is 2.07. The lowest BCUT2D eigenvalue weighted by molar-refractivity contribution is 0.683. The summed E-state index contributed by atoms with van der Waals surface area (Å²) >= 11 is 0. The number of aromatic nitrogens is 2. The van der Waals surface area contributed by atoms with E-state index in [1.807, 2.05) is 42.5 Å². The summed E-state index contributed by atoms with van der Waals surface area (Å²) in [6, 6.07) is 18.3. The topological polar surface area (TPSA) is 50.2 Å². The van der Waals surface area contributed by atoms with Crippen molar-refractivity contribution in [2.45, 2.75) is 20.3 Å². The first kappa shape index (κ1) is 15.2. The summed E-state index contributed by atoms with van der Waals surface area (Å²) < 4.78 is 0. The Morgan fingerprint density at radius 3 is 2.57 bits per heavy atom. The number of rotatable bonds is 5. The molecular formula is C19H20N4. The van der Waals surface area contributed by atoms with Gasteiger partial charge in [-0.2, -0.15) is 10.2 Å². The average Bonchev–Trinajstić information content (AvgIpc) is 2.59. The Bertz CT molecular complexity index is 804. The molecule has 1 aromatic heterocycles. The van der Waals surface area contributed by atoms with Crippen molar-refractivity contribution in [3.63, 3.8) is 0 Å². The van der Waals surface area contributed by atoms with Crippen LogP contribution in [-0.4, -0.2) is 15.9 Å². The summed E-state index contributed by atoms with van der Waals surface area (Å²) in [5, 5.41) is 14.9. The summed E-state index contributed by atoms with van der Waals surface area (Å²) in [7, 11) is 0. The zero-order valence-electron chi connectivity index (χ0n) is 13.4. The van der Waals surface area contributed by atoms with E-state index in [1.165, 1.54) is 0 Å². The molecule has 0 atom stereocenters. The quantitative estimate of drug-likeness (QED) is 0.558. The van der Waals surface area contributed by atoms with E-state index in [2.05, 4.69) is 46.7 Å². The lowest BCUT2D eigenvalue weighted by Gasteiger charge is -2.10. The van der Waals surface area contributed by atoms with Crippen LogP contribution < -0.4 is 5.43 Å². The molecule has 0 aliphatic heterocycles. The van der Waals surface area contributed by atoms with Crippen molar-refractivity contribution in [3.8, 4) is 0 Å². The summed E-state index contributed by atoms with van der Waals surface area (Å²) in [4.78, 5) is 0. The number of anilines is 1. The van der Waals surface area contributed by atoms with E-state index >= 15 is 0 Å². The Morgan fingerprint density at radius 2 is 1.78 bits per heavy atom. The molecule has 0 fully saturated rings. The SMILES string of the molecule is CC(C)CC(=NNc1nncc2ccccc12)c1ccccc1. The van der Waals surface area contributed by atoms with Crippen LogP contribution in [0.3, 0.4) is 0 Å². The largest absolute Gasteiger partial charge is 0.259 e. The van der Waals surface area contributed by atoms with Crippen LogP contribution in [0.4, 0.5) is 5.82 Å². The second-order valence-electron chi connectivity index (χ2n) is 5.91. The van der Waals surface area contributed by atoms with Crippen LogP contribution in [0.5, 0.6) is 0 Å². The summed E-state index contributed by atoms with van der Waals surface area (Å²) in [6.07, 6.45) is 2.66. The zero-order chi connectivity index (χ0) is 16.1. The highest BCUT2D eigenvalue weighted by molar-refractivity contribution is 6.01. The molecular weight excluding hydrogens is 284 g/mol. The van der Waals surface area contributed by atoms with Crippen LogP contribution in [0.1, 0.15) is 25.8 Å². The molecule has 0 radical (unpaired) electrons. The fourth-order valence-corrected chi connectivity index (χ4v) is 2.48. The number of hydrogen-bond donors (Lipinski definition) is 1. The molecule has 0 aliphatic rings. The molecule has 3 aromatic rings. The molecule has 1 heterocycles. The van der Waals surface area contributed by atoms with Crippen molar-refractivity contribution in [2.24, 2.45) is 11.0 Å². The van der Waals surface area contributed by atoms with E-state index in [4.69, 9.17) is 0 Å². The maximum Gasteiger partial charge on any atom is 0.176 e. The molecule has 0 spiro atoms. The van der Waals surface area contributed by atoms with Crippen LogP contribution in [-0.2, 0) is 0 Å².